The number of hydrogen-bond acceptors (Lipinski definition) is 4. The molecule has 0 radical (unpaired) electrons. The van der Waals surface area contributed by atoms with Crippen molar-refractivity contribution in [3.63, 3.8) is 0 Å². The van der Waals surface area contributed by atoms with Crippen LogP contribution in [0.1, 0.15) is 26.2 Å². The van der Waals surface area contributed by atoms with Gasteiger partial charge in [0, 0.05) is 51.5 Å². The molecule has 3 atom stereocenters. The number of amides is 3. The molecule has 2 saturated heterocycles. The Morgan fingerprint density at radius 2 is 1.82 bits per heavy atom. The first-order chi connectivity index (χ1) is 16.6. The number of rotatable bonds is 6. The molecule has 7 nitrogen and oxygen atoms in total. The molecule has 4 rings (SSSR count). The molecule has 3 amide bonds. The molecular weight excluding hydrogens is 428 g/mol. The standard InChI is InChI=1S/C27H38N4O3/c1-2-21-8-10-22(11-9-21)23-18-24(26(33)28-25-6-4-3-5-7-25)20-31(19-23)27(34)30-14-12-29(13-15-30)16-17-32/h3-10,22-24,32H,2,11-20H2,1H3,(H,28,33). The minimum absolute atomic E-state index is 0.00829. The summed E-state index contributed by atoms with van der Waals surface area (Å²) in [5.41, 5.74) is 2.15. The molecule has 2 fully saturated rings. The molecule has 0 saturated carbocycles. The maximum atomic E-state index is 13.5. The van der Waals surface area contributed by atoms with Crippen LogP contribution in [0.25, 0.3) is 0 Å². The van der Waals surface area contributed by atoms with E-state index in [1.54, 1.807) is 0 Å². The number of aliphatic hydroxyl groups is 1. The number of hydrogen-bond donors (Lipinski definition) is 2. The van der Waals surface area contributed by atoms with Crippen molar-refractivity contribution >= 4 is 17.6 Å². The quantitative estimate of drug-likeness (QED) is 0.675. The van der Waals surface area contributed by atoms with Gasteiger partial charge in [-0.05, 0) is 43.2 Å². The smallest absolute Gasteiger partial charge is 0.320 e. The molecule has 184 valence electrons. The number of carbonyl (C=O) groups excluding carboxylic acids is 2. The second-order valence-corrected chi connectivity index (χ2v) is 9.68. The highest BCUT2D eigenvalue weighted by Gasteiger charge is 2.38. The number of piperidine rings is 1. The molecular formula is C27H38N4O3. The Labute approximate surface area is 203 Å². The number of β-amino-alcohol motifs (C(OH)–C–C–N with tert-alkyl or cyclic N) is 1. The summed E-state index contributed by atoms with van der Waals surface area (Å²) in [5, 5.41) is 12.3. The van der Waals surface area contributed by atoms with E-state index in [1.165, 1.54) is 5.57 Å². The highest BCUT2D eigenvalue weighted by Crippen LogP contribution is 2.34. The third kappa shape index (κ3) is 6.07. The van der Waals surface area contributed by atoms with Gasteiger partial charge < -0.3 is 20.2 Å². The number of allylic oxidation sites excluding steroid dienone is 4. The van der Waals surface area contributed by atoms with E-state index in [0.29, 0.717) is 38.6 Å². The number of benzene rings is 1. The number of likely N-dealkylation sites (tertiary alicyclic amines) is 1. The molecule has 34 heavy (non-hydrogen) atoms. The summed E-state index contributed by atoms with van der Waals surface area (Å²) in [7, 11) is 0. The van der Waals surface area contributed by atoms with Crippen LogP contribution >= 0.6 is 0 Å². The number of para-hydroxylation sites is 1. The van der Waals surface area contributed by atoms with Crippen LogP contribution in [0, 0.1) is 17.8 Å². The van der Waals surface area contributed by atoms with E-state index in [1.807, 2.05) is 40.1 Å². The van der Waals surface area contributed by atoms with Crippen LogP contribution in [0.5, 0.6) is 0 Å². The molecule has 2 heterocycles. The maximum absolute atomic E-state index is 13.5. The van der Waals surface area contributed by atoms with Crippen LogP contribution in [0.2, 0.25) is 0 Å². The summed E-state index contributed by atoms with van der Waals surface area (Å²) in [6.45, 7) is 6.97. The zero-order chi connectivity index (χ0) is 23.9. The predicted molar refractivity (Wildman–Crippen MR) is 134 cm³/mol. The lowest BCUT2D eigenvalue weighted by molar-refractivity contribution is -0.122. The SMILES string of the molecule is CCC1=CCC(C2CC(C(=O)Nc3ccccc3)CN(C(=O)N3CCN(CCO)CC3)C2)C=C1. The van der Waals surface area contributed by atoms with Crippen LogP contribution in [-0.2, 0) is 4.79 Å². The maximum Gasteiger partial charge on any atom is 0.320 e. The van der Waals surface area contributed by atoms with Gasteiger partial charge in [0.2, 0.25) is 5.91 Å². The van der Waals surface area contributed by atoms with Crippen molar-refractivity contribution in [1.29, 1.82) is 0 Å². The monoisotopic (exact) mass is 466 g/mol. The first-order valence-electron chi connectivity index (χ1n) is 12.7. The molecule has 2 N–H and O–H groups in total. The summed E-state index contributed by atoms with van der Waals surface area (Å²) >= 11 is 0. The number of nitrogens with one attached hydrogen (secondary N) is 1. The number of anilines is 1. The van der Waals surface area contributed by atoms with Gasteiger partial charge in [-0.2, -0.15) is 0 Å². The Balaban J connectivity index is 1.45. The van der Waals surface area contributed by atoms with Crippen molar-refractivity contribution in [3.05, 3.63) is 54.1 Å². The fraction of sp³-hybridized carbons (Fsp3) is 0.556. The molecule has 0 bridgehead atoms. The molecule has 3 aliphatic rings. The van der Waals surface area contributed by atoms with Gasteiger partial charge in [0.25, 0.3) is 0 Å². The minimum Gasteiger partial charge on any atom is -0.395 e. The Morgan fingerprint density at radius 1 is 1.06 bits per heavy atom. The van der Waals surface area contributed by atoms with Gasteiger partial charge in [0.05, 0.1) is 12.5 Å². The minimum atomic E-state index is -0.233. The number of carbonyl (C=O) groups is 2. The normalized spacial score (nSPS) is 25.7. The molecule has 1 aromatic carbocycles. The van der Waals surface area contributed by atoms with Crippen LogP contribution in [0.4, 0.5) is 10.5 Å². The van der Waals surface area contributed by atoms with E-state index in [9.17, 15) is 14.7 Å². The van der Waals surface area contributed by atoms with Gasteiger partial charge in [-0.15, -0.1) is 0 Å². The number of urea groups is 1. The molecule has 0 spiro atoms. The van der Waals surface area contributed by atoms with Crippen LogP contribution in [0.15, 0.2) is 54.1 Å². The van der Waals surface area contributed by atoms with Gasteiger partial charge in [-0.25, -0.2) is 4.79 Å². The van der Waals surface area contributed by atoms with Gasteiger partial charge in [0.1, 0.15) is 0 Å². The Morgan fingerprint density at radius 3 is 2.47 bits per heavy atom. The van der Waals surface area contributed by atoms with Crippen molar-refractivity contribution in [2.75, 3.05) is 57.7 Å². The third-order valence-electron chi connectivity index (χ3n) is 7.45. The molecule has 1 aromatic rings. The number of piperazine rings is 1. The van der Waals surface area contributed by atoms with E-state index in [0.717, 1.165) is 38.0 Å². The van der Waals surface area contributed by atoms with Crippen molar-refractivity contribution in [3.8, 4) is 0 Å². The summed E-state index contributed by atoms with van der Waals surface area (Å²) < 4.78 is 0. The fourth-order valence-electron chi connectivity index (χ4n) is 5.36. The lowest BCUT2D eigenvalue weighted by Gasteiger charge is -2.43. The van der Waals surface area contributed by atoms with Crippen molar-refractivity contribution in [2.24, 2.45) is 17.8 Å². The summed E-state index contributed by atoms with van der Waals surface area (Å²) in [5.74, 6) is 0.361. The Kier molecular flexibility index (Phi) is 8.40. The third-order valence-corrected chi connectivity index (χ3v) is 7.45. The highest BCUT2D eigenvalue weighted by atomic mass is 16.3. The van der Waals surface area contributed by atoms with E-state index in [2.05, 4.69) is 35.4 Å². The van der Waals surface area contributed by atoms with E-state index in [-0.39, 0.29) is 30.4 Å². The average molecular weight is 467 g/mol. The van der Waals surface area contributed by atoms with Crippen molar-refractivity contribution in [1.82, 2.24) is 14.7 Å². The van der Waals surface area contributed by atoms with Gasteiger partial charge in [-0.1, -0.05) is 48.9 Å². The van der Waals surface area contributed by atoms with Gasteiger partial charge >= 0.3 is 6.03 Å². The Hall–Kier alpha value is -2.64. The topological polar surface area (TPSA) is 76.1 Å². The first kappa shape index (κ1) is 24.5. The van der Waals surface area contributed by atoms with Gasteiger partial charge in [0.15, 0.2) is 0 Å². The summed E-state index contributed by atoms with van der Waals surface area (Å²) in [6.07, 6.45) is 9.61. The number of nitrogens with zero attached hydrogens (tertiary/aromatic N) is 3. The first-order valence-corrected chi connectivity index (χ1v) is 12.7. The van der Waals surface area contributed by atoms with Gasteiger partial charge in [-0.3, -0.25) is 9.69 Å². The largest absolute Gasteiger partial charge is 0.395 e. The molecule has 0 aromatic heterocycles. The summed E-state index contributed by atoms with van der Waals surface area (Å²) in [6, 6.07) is 9.59. The van der Waals surface area contributed by atoms with E-state index in [4.69, 9.17) is 0 Å². The van der Waals surface area contributed by atoms with Crippen LogP contribution in [0.3, 0.4) is 0 Å². The zero-order valence-corrected chi connectivity index (χ0v) is 20.2. The van der Waals surface area contributed by atoms with Crippen molar-refractivity contribution in [2.45, 2.75) is 26.2 Å². The Bertz CT molecular complexity index is 892. The molecule has 2 aliphatic heterocycles. The second-order valence-electron chi connectivity index (χ2n) is 9.68. The van der Waals surface area contributed by atoms with E-state index < -0.39 is 0 Å². The lowest BCUT2D eigenvalue weighted by atomic mass is 9.77. The number of aliphatic hydroxyl groups excluding tert-OH is 1. The van der Waals surface area contributed by atoms with Crippen LogP contribution < -0.4 is 5.32 Å². The lowest BCUT2D eigenvalue weighted by Crippen LogP contribution is -2.57. The second kappa shape index (κ2) is 11.7. The predicted octanol–water partition coefficient (Wildman–Crippen LogP) is 3.21. The highest BCUT2D eigenvalue weighted by molar-refractivity contribution is 5.93. The average Bonchev–Trinajstić information content (AvgIpc) is 2.89. The van der Waals surface area contributed by atoms with E-state index >= 15 is 0 Å². The fourth-order valence-corrected chi connectivity index (χ4v) is 5.36. The summed E-state index contributed by atoms with van der Waals surface area (Å²) in [4.78, 5) is 32.7. The van der Waals surface area contributed by atoms with Crippen molar-refractivity contribution < 1.29 is 14.7 Å². The molecule has 7 heteroatoms. The molecule has 1 aliphatic carbocycles. The zero-order valence-electron chi connectivity index (χ0n) is 20.2. The molecule has 3 unspecified atom stereocenters. The van der Waals surface area contributed by atoms with Crippen LogP contribution in [-0.4, -0.2) is 84.2 Å².